The summed E-state index contributed by atoms with van der Waals surface area (Å²) in [4.78, 5) is 14.1. The number of thiophene rings is 1. The normalized spacial score (nSPS) is 17.6. The molecule has 3 rings (SSSR count). The molecule has 164 valence electrons. The first kappa shape index (κ1) is 22.5. The van der Waals surface area contributed by atoms with Gasteiger partial charge in [0.2, 0.25) is 0 Å². The molecule has 0 spiro atoms. The van der Waals surface area contributed by atoms with Crippen molar-refractivity contribution in [3.8, 4) is 0 Å². The summed E-state index contributed by atoms with van der Waals surface area (Å²) < 4.78 is 0. The predicted molar refractivity (Wildman–Crippen MR) is 125 cm³/mol. The van der Waals surface area contributed by atoms with Crippen LogP contribution in [0.2, 0.25) is 0 Å². The minimum Gasteiger partial charge on any atom is -0.384 e. The van der Waals surface area contributed by atoms with Crippen LogP contribution in [0.4, 0.5) is 5.82 Å². The fourth-order valence-electron chi connectivity index (χ4n) is 3.47. The van der Waals surface area contributed by atoms with Gasteiger partial charge in [-0.1, -0.05) is 6.92 Å². The van der Waals surface area contributed by atoms with E-state index in [1.165, 1.54) is 0 Å². The van der Waals surface area contributed by atoms with Crippen molar-refractivity contribution < 1.29 is 5.11 Å². The third-order valence-corrected chi connectivity index (χ3v) is 6.14. The number of aliphatic imine (C=N–C) groups is 1. The maximum atomic E-state index is 10.7. The number of pyridine rings is 1. The second-order valence-corrected chi connectivity index (χ2v) is 8.56. The minimum absolute atomic E-state index is 0.388. The smallest absolute Gasteiger partial charge is 0.191 e. The Morgan fingerprint density at radius 3 is 2.70 bits per heavy atom. The van der Waals surface area contributed by atoms with Crippen LogP contribution >= 0.6 is 11.3 Å². The number of piperazine rings is 1. The number of aliphatic hydroxyl groups is 1. The van der Waals surface area contributed by atoms with Crippen molar-refractivity contribution in [2.24, 2.45) is 4.99 Å². The SMILES string of the molecule is CCNC(=NCc1ccnc(N2CCN(CC)CC2)c1)NCC(C)(O)c1ccsc1. The van der Waals surface area contributed by atoms with Gasteiger partial charge in [0.1, 0.15) is 11.4 Å². The quantitative estimate of drug-likeness (QED) is 0.441. The molecule has 1 saturated heterocycles. The highest BCUT2D eigenvalue weighted by molar-refractivity contribution is 7.08. The van der Waals surface area contributed by atoms with Crippen molar-refractivity contribution in [2.45, 2.75) is 32.9 Å². The van der Waals surface area contributed by atoms with Crippen LogP contribution in [0.15, 0.2) is 40.1 Å². The lowest BCUT2D eigenvalue weighted by molar-refractivity contribution is 0.0621. The van der Waals surface area contributed by atoms with Crippen molar-refractivity contribution in [1.29, 1.82) is 0 Å². The number of hydrogen-bond donors (Lipinski definition) is 3. The Morgan fingerprint density at radius 2 is 2.03 bits per heavy atom. The molecule has 7 nitrogen and oxygen atoms in total. The molecule has 8 heteroatoms. The van der Waals surface area contributed by atoms with Gasteiger partial charge in [-0.2, -0.15) is 11.3 Å². The molecule has 0 radical (unpaired) electrons. The van der Waals surface area contributed by atoms with Gasteiger partial charge < -0.3 is 25.5 Å². The largest absolute Gasteiger partial charge is 0.384 e. The number of aromatic nitrogens is 1. The fourth-order valence-corrected chi connectivity index (χ4v) is 4.25. The highest BCUT2D eigenvalue weighted by Crippen LogP contribution is 2.22. The molecule has 1 atom stereocenters. The van der Waals surface area contributed by atoms with Crippen LogP contribution in [-0.4, -0.2) is 66.8 Å². The Bertz CT molecular complexity index is 800. The standard InChI is InChI=1S/C22H34N6OS/c1-4-23-21(26-17-22(3,29)19-7-13-30-16-19)25-15-18-6-8-24-20(14-18)28-11-9-27(5-2)10-12-28/h6-8,13-14,16,29H,4-5,9-12,15,17H2,1-3H3,(H2,23,25,26). The fraction of sp³-hybridized carbons (Fsp3) is 0.545. The van der Waals surface area contributed by atoms with Crippen LogP contribution in [0, 0.1) is 0 Å². The molecule has 1 unspecified atom stereocenters. The number of hydrogen-bond acceptors (Lipinski definition) is 6. The minimum atomic E-state index is -0.944. The summed E-state index contributed by atoms with van der Waals surface area (Å²) in [5, 5.41) is 21.2. The van der Waals surface area contributed by atoms with E-state index in [1.807, 2.05) is 42.9 Å². The van der Waals surface area contributed by atoms with Crippen molar-refractivity contribution in [2.75, 3.05) is 50.7 Å². The van der Waals surface area contributed by atoms with Crippen molar-refractivity contribution >= 4 is 23.1 Å². The van der Waals surface area contributed by atoms with Crippen LogP contribution in [0.3, 0.4) is 0 Å². The van der Waals surface area contributed by atoms with E-state index in [-0.39, 0.29) is 0 Å². The van der Waals surface area contributed by atoms with E-state index in [2.05, 4.69) is 38.4 Å². The van der Waals surface area contributed by atoms with Gasteiger partial charge >= 0.3 is 0 Å². The molecule has 2 aromatic rings. The number of nitrogens with one attached hydrogen (secondary N) is 2. The van der Waals surface area contributed by atoms with Gasteiger partial charge in [0.15, 0.2) is 5.96 Å². The Labute approximate surface area is 183 Å². The first-order valence-electron chi connectivity index (χ1n) is 10.7. The first-order chi connectivity index (χ1) is 14.5. The molecular weight excluding hydrogens is 396 g/mol. The van der Waals surface area contributed by atoms with Crippen molar-refractivity contribution in [1.82, 2.24) is 20.5 Å². The first-order valence-corrected chi connectivity index (χ1v) is 11.7. The monoisotopic (exact) mass is 430 g/mol. The summed E-state index contributed by atoms with van der Waals surface area (Å²) in [5.41, 5.74) is 1.10. The predicted octanol–water partition coefficient (Wildman–Crippen LogP) is 2.25. The summed E-state index contributed by atoms with van der Waals surface area (Å²) >= 11 is 1.59. The molecule has 0 aliphatic carbocycles. The number of nitrogens with zero attached hydrogens (tertiary/aromatic N) is 4. The summed E-state index contributed by atoms with van der Waals surface area (Å²) in [7, 11) is 0. The van der Waals surface area contributed by atoms with Crippen LogP contribution in [0.25, 0.3) is 0 Å². The molecule has 3 heterocycles. The Balaban J connectivity index is 1.60. The van der Waals surface area contributed by atoms with E-state index in [1.54, 1.807) is 11.3 Å². The maximum Gasteiger partial charge on any atom is 0.191 e. The van der Waals surface area contributed by atoms with Crippen molar-refractivity contribution in [3.63, 3.8) is 0 Å². The highest BCUT2D eigenvalue weighted by Gasteiger charge is 2.23. The second kappa shape index (κ2) is 10.7. The molecule has 1 aliphatic rings. The molecule has 0 aromatic carbocycles. The van der Waals surface area contributed by atoms with E-state index >= 15 is 0 Å². The van der Waals surface area contributed by atoms with E-state index in [4.69, 9.17) is 4.99 Å². The zero-order valence-corrected chi connectivity index (χ0v) is 19.1. The molecule has 1 fully saturated rings. The summed E-state index contributed by atoms with van der Waals surface area (Å²) in [6, 6.07) is 6.10. The zero-order valence-electron chi connectivity index (χ0n) is 18.3. The van der Waals surface area contributed by atoms with Crippen LogP contribution in [0.5, 0.6) is 0 Å². The van der Waals surface area contributed by atoms with E-state index < -0.39 is 5.60 Å². The second-order valence-electron chi connectivity index (χ2n) is 7.78. The molecule has 1 aliphatic heterocycles. The van der Waals surface area contributed by atoms with Crippen molar-refractivity contribution in [3.05, 3.63) is 46.3 Å². The van der Waals surface area contributed by atoms with Gasteiger partial charge in [0.05, 0.1) is 13.1 Å². The number of rotatable bonds is 8. The van der Waals surface area contributed by atoms with E-state index in [0.717, 1.165) is 56.2 Å². The summed E-state index contributed by atoms with van der Waals surface area (Å²) in [6.07, 6.45) is 1.87. The Kier molecular flexibility index (Phi) is 8.07. The van der Waals surface area contributed by atoms with Gasteiger partial charge in [-0.3, -0.25) is 0 Å². The molecule has 3 N–H and O–H groups in total. The van der Waals surface area contributed by atoms with E-state index in [9.17, 15) is 5.11 Å². The highest BCUT2D eigenvalue weighted by atomic mass is 32.1. The topological polar surface area (TPSA) is 76.0 Å². The molecule has 30 heavy (non-hydrogen) atoms. The lowest BCUT2D eigenvalue weighted by atomic mass is 9.99. The average molecular weight is 431 g/mol. The van der Waals surface area contributed by atoms with Gasteiger partial charge in [-0.05, 0) is 60.5 Å². The van der Waals surface area contributed by atoms with Gasteiger partial charge in [-0.25, -0.2) is 9.98 Å². The molecule has 2 aromatic heterocycles. The zero-order chi connectivity index (χ0) is 21.4. The molecule has 0 amide bonds. The third kappa shape index (κ3) is 6.17. The number of anilines is 1. The average Bonchev–Trinajstić information content (AvgIpc) is 3.32. The lowest BCUT2D eigenvalue weighted by Gasteiger charge is -2.34. The maximum absolute atomic E-state index is 10.7. The molecular formula is C22H34N6OS. The molecule has 0 saturated carbocycles. The van der Waals surface area contributed by atoms with Gasteiger partial charge in [0, 0.05) is 38.9 Å². The van der Waals surface area contributed by atoms with Crippen LogP contribution in [0.1, 0.15) is 31.9 Å². The Morgan fingerprint density at radius 1 is 1.23 bits per heavy atom. The Hall–Kier alpha value is -2.16. The summed E-state index contributed by atoms with van der Waals surface area (Å²) in [5.74, 6) is 1.72. The van der Waals surface area contributed by atoms with Gasteiger partial charge in [-0.15, -0.1) is 0 Å². The number of likely N-dealkylation sites (N-methyl/N-ethyl adjacent to an activating group) is 1. The summed E-state index contributed by atoms with van der Waals surface area (Å²) in [6.45, 7) is 13.1. The van der Waals surface area contributed by atoms with Crippen LogP contribution in [-0.2, 0) is 12.1 Å². The van der Waals surface area contributed by atoms with Gasteiger partial charge in [0.25, 0.3) is 0 Å². The van der Waals surface area contributed by atoms with Crippen LogP contribution < -0.4 is 15.5 Å². The number of guanidine groups is 1. The lowest BCUT2D eigenvalue weighted by Crippen LogP contribution is -2.46. The third-order valence-electron chi connectivity index (χ3n) is 5.46. The molecule has 0 bridgehead atoms. The van der Waals surface area contributed by atoms with E-state index in [0.29, 0.717) is 19.0 Å².